The molecule has 0 fully saturated rings. The van der Waals surface area contributed by atoms with Crippen molar-refractivity contribution in [3.8, 4) is 0 Å². The fraction of sp³-hybridized carbons (Fsp3) is 0.538. The lowest BCUT2D eigenvalue weighted by Gasteiger charge is -2.24. The van der Waals surface area contributed by atoms with Crippen LogP contribution in [-0.2, 0) is 0 Å². The Hall–Kier alpha value is -1.02. The lowest BCUT2D eigenvalue weighted by atomic mass is 10.3. The van der Waals surface area contributed by atoms with Gasteiger partial charge in [0, 0.05) is 24.8 Å². The Labute approximate surface area is 93.3 Å². The third kappa shape index (κ3) is 4.34. The van der Waals surface area contributed by atoms with E-state index >= 15 is 0 Å². The van der Waals surface area contributed by atoms with E-state index in [-0.39, 0.29) is 0 Å². The maximum absolute atomic E-state index is 3.42. The van der Waals surface area contributed by atoms with E-state index in [9.17, 15) is 0 Å². The average Bonchev–Trinajstić information content (AvgIpc) is 2.25. The highest BCUT2D eigenvalue weighted by Crippen LogP contribution is 2.04. The summed E-state index contributed by atoms with van der Waals surface area (Å²) in [6, 6.07) is 11.0. The molecule has 0 spiro atoms. The molecule has 2 heteroatoms. The van der Waals surface area contributed by atoms with Crippen LogP contribution in [0.1, 0.15) is 20.8 Å². The van der Waals surface area contributed by atoms with Gasteiger partial charge in [0.05, 0.1) is 0 Å². The van der Waals surface area contributed by atoms with Crippen LogP contribution in [-0.4, -0.2) is 30.6 Å². The number of hydrogen-bond donors (Lipinski definition) is 1. The lowest BCUT2D eigenvalue weighted by Crippen LogP contribution is -2.34. The van der Waals surface area contributed by atoms with E-state index in [1.807, 2.05) is 6.07 Å². The Bertz CT molecular complexity index is 256. The number of nitrogens with one attached hydrogen (secondary N) is 1. The maximum Gasteiger partial charge on any atom is 0.0340 e. The third-order valence-corrected chi connectivity index (χ3v) is 2.64. The molecule has 0 bridgehead atoms. The highest BCUT2D eigenvalue weighted by molar-refractivity contribution is 5.42. The SMILES string of the molecule is CCN(CCNc1ccccc1)C(C)C. The molecule has 0 atom stereocenters. The second-order valence-corrected chi connectivity index (χ2v) is 4.02. The van der Waals surface area contributed by atoms with Crippen molar-refractivity contribution < 1.29 is 0 Å². The van der Waals surface area contributed by atoms with Crippen LogP contribution in [0.5, 0.6) is 0 Å². The van der Waals surface area contributed by atoms with Gasteiger partial charge >= 0.3 is 0 Å². The van der Waals surface area contributed by atoms with Gasteiger partial charge in [0.15, 0.2) is 0 Å². The van der Waals surface area contributed by atoms with E-state index in [4.69, 9.17) is 0 Å². The zero-order chi connectivity index (χ0) is 11.1. The van der Waals surface area contributed by atoms with Gasteiger partial charge in [0.25, 0.3) is 0 Å². The van der Waals surface area contributed by atoms with Crippen LogP contribution in [0.4, 0.5) is 5.69 Å². The van der Waals surface area contributed by atoms with Crippen molar-refractivity contribution in [2.45, 2.75) is 26.8 Å². The Morgan fingerprint density at radius 2 is 1.87 bits per heavy atom. The van der Waals surface area contributed by atoms with Crippen molar-refractivity contribution in [2.24, 2.45) is 0 Å². The summed E-state index contributed by atoms with van der Waals surface area (Å²) in [7, 11) is 0. The quantitative estimate of drug-likeness (QED) is 0.770. The topological polar surface area (TPSA) is 15.3 Å². The van der Waals surface area contributed by atoms with Gasteiger partial charge in [-0.2, -0.15) is 0 Å². The summed E-state index contributed by atoms with van der Waals surface area (Å²) in [5.41, 5.74) is 1.21. The van der Waals surface area contributed by atoms with E-state index in [2.05, 4.69) is 55.3 Å². The monoisotopic (exact) mass is 206 g/mol. The van der Waals surface area contributed by atoms with Gasteiger partial charge < -0.3 is 5.32 Å². The molecule has 1 aromatic rings. The van der Waals surface area contributed by atoms with E-state index < -0.39 is 0 Å². The number of nitrogens with zero attached hydrogens (tertiary/aromatic N) is 1. The fourth-order valence-electron chi connectivity index (χ4n) is 1.68. The maximum atomic E-state index is 3.42. The van der Waals surface area contributed by atoms with Gasteiger partial charge in [-0.1, -0.05) is 25.1 Å². The van der Waals surface area contributed by atoms with Crippen molar-refractivity contribution in [2.75, 3.05) is 25.0 Å². The first-order valence-corrected chi connectivity index (χ1v) is 5.77. The van der Waals surface area contributed by atoms with Gasteiger partial charge in [0.2, 0.25) is 0 Å². The molecule has 1 N–H and O–H groups in total. The third-order valence-electron chi connectivity index (χ3n) is 2.64. The highest BCUT2D eigenvalue weighted by atomic mass is 15.2. The number of hydrogen-bond acceptors (Lipinski definition) is 2. The molecule has 0 aliphatic carbocycles. The molecule has 0 saturated carbocycles. The molecule has 0 aliphatic rings. The van der Waals surface area contributed by atoms with Crippen molar-refractivity contribution >= 4 is 5.69 Å². The zero-order valence-electron chi connectivity index (χ0n) is 10.0. The molecule has 1 rings (SSSR count). The van der Waals surface area contributed by atoms with Crippen LogP contribution in [0.25, 0.3) is 0 Å². The predicted octanol–water partition coefficient (Wildman–Crippen LogP) is 2.83. The molecule has 0 unspecified atom stereocenters. The molecule has 2 nitrogen and oxygen atoms in total. The largest absolute Gasteiger partial charge is 0.384 e. The standard InChI is InChI=1S/C13H22N2/c1-4-15(12(2)3)11-10-14-13-8-6-5-7-9-13/h5-9,12,14H,4,10-11H2,1-3H3. The van der Waals surface area contributed by atoms with Crippen molar-refractivity contribution in [1.82, 2.24) is 4.90 Å². The minimum absolute atomic E-state index is 0.632. The second kappa shape index (κ2) is 6.46. The normalized spacial score (nSPS) is 11.0. The van der Waals surface area contributed by atoms with Crippen LogP contribution in [0.2, 0.25) is 0 Å². The Morgan fingerprint density at radius 3 is 2.40 bits per heavy atom. The minimum Gasteiger partial charge on any atom is -0.384 e. The van der Waals surface area contributed by atoms with Crippen molar-refractivity contribution in [3.05, 3.63) is 30.3 Å². The Morgan fingerprint density at radius 1 is 1.20 bits per heavy atom. The van der Waals surface area contributed by atoms with E-state index in [1.54, 1.807) is 0 Å². The number of likely N-dealkylation sites (N-methyl/N-ethyl adjacent to an activating group) is 1. The van der Waals surface area contributed by atoms with Crippen LogP contribution < -0.4 is 5.32 Å². The Balaban J connectivity index is 2.27. The number of anilines is 1. The second-order valence-electron chi connectivity index (χ2n) is 4.02. The summed E-state index contributed by atoms with van der Waals surface area (Å²) in [6.07, 6.45) is 0. The first kappa shape index (κ1) is 12.1. The van der Waals surface area contributed by atoms with E-state index in [0.29, 0.717) is 6.04 Å². The van der Waals surface area contributed by atoms with Gasteiger partial charge in [-0.25, -0.2) is 0 Å². The summed E-state index contributed by atoms with van der Waals surface area (Å²) in [5, 5.41) is 3.42. The molecule has 0 aromatic heterocycles. The Kier molecular flexibility index (Phi) is 5.19. The zero-order valence-corrected chi connectivity index (χ0v) is 10.0. The minimum atomic E-state index is 0.632. The van der Waals surface area contributed by atoms with Gasteiger partial charge in [-0.3, -0.25) is 4.90 Å². The van der Waals surface area contributed by atoms with Crippen LogP contribution in [0.15, 0.2) is 30.3 Å². The summed E-state index contributed by atoms with van der Waals surface area (Å²) < 4.78 is 0. The molecule has 0 saturated heterocycles. The molecule has 0 aliphatic heterocycles. The first-order valence-electron chi connectivity index (χ1n) is 5.77. The van der Waals surface area contributed by atoms with Crippen molar-refractivity contribution in [3.63, 3.8) is 0 Å². The molecule has 0 amide bonds. The smallest absolute Gasteiger partial charge is 0.0340 e. The van der Waals surface area contributed by atoms with Gasteiger partial charge in [-0.05, 0) is 32.5 Å². The first-order chi connectivity index (χ1) is 7.24. The molecular weight excluding hydrogens is 184 g/mol. The summed E-state index contributed by atoms with van der Waals surface area (Å²) in [4.78, 5) is 2.45. The molecule has 84 valence electrons. The van der Waals surface area contributed by atoms with Crippen LogP contribution in [0, 0.1) is 0 Å². The molecule has 1 aromatic carbocycles. The summed E-state index contributed by atoms with van der Waals surface area (Å²) >= 11 is 0. The lowest BCUT2D eigenvalue weighted by molar-refractivity contribution is 0.243. The van der Waals surface area contributed by atoms with Crippen LogP contribution >= 0.6 is 0 Å². The number of rotatable bonds is 6. The fourth-order valence-corrected chi connectivity index (χ4v) is 1.68. The van der Waals surface area contributed by atoms with Gasteiger partial charge in [0.1, 0.15) is 0 Å². The molecular formula is C13H22N2. The number of para-hydroxylation sites is 1. The van der Waals surface area contributed by atoms with Gasteiger partial charge in [-0.15, -0.1) is 0 Å². The van der Waals surface area contributed by atoms with E-state index in [1.165, 1.54) is 5.69 Å². The summed E-state index contributed by atoms with van der Waals surface area (Å²) in [5.74, 6) is 0. The average molecular weight is 206 g/mol. The molecule has 0 radical (unpaired) electrons. The highest BCUT2D eigenvalue weighted by Gasteiger charge is 2.05. The van der Waals surface area contributed by atoms with Crippen LogP contribution in [0.3, 0.4) is 0 Å². The molecule has 0 heterocycles. The number of benzene rings is 1. The molecule has 15 heavy (non-hydrogen) atoms. The predicted molar refractivity (Wildman–Crippen MR) is 67.3 cm³/mol. The van der Waals surface area contributed by atoms with Crippen molar-refractivity contribution in [1.29, 1.82) is 0 Å². The van der Waals surface area contributed by atoms with E-state index in [0.717, 1.165) is 19.6 Å². The summed E-state index contributed by atoms with van der Waals surface area (Å²) in [6.45, 7) is 9.92.